The van der Waals surface area contributed by atoms with Gasteiger partial charge in [-0.1, -0.05) is 0 Å². The molecule has 1 aliphatic heterocycles. The highest BCUT2D eigenvalue weighted by atomic mass is 15.2. The Balaban J connectivity index is 2.48. The molecule has 0 spiro atoms. The van der Waals surface area contributed by atoms with Crippen molar-refractivity contribution in [1.82, 2.24) is 10.2 Å². The van der Waals surface area contributed by atoms with E-state index in [1.165, 1.54) is 12.6 Å². The Labute approximate surface area is 85.2 Å². The Kier molecular flexibility index (Phi) is 4.93. The lowest BCUT2D eigenvalue weighted by Gasteiger charge is -2.20. The highest BCUT2D eigenvalue weighted by molar-refractivity contribution is 5.80. The summed E-state index contributed by atoms with van der Waals surface area (Å²) >= 11 is 0. The molecule has 1 fully saturated rings. The molecule has 0 radical (unpaired) electrons. The Bertz CT molecular complexity index is 224. The molecule has 4 nitrogen and oxygen atoms in total. The topological polar surface area (TPSA) is 51.5 Å². The van der Waals surface area contributed by atoms with Gasteiger partial charge < -0.3 is 15.6 Å². The molecule has 1 aliphatic rings. The van der Waals surface area contributed by atoms with E-state index in [0.29, 0.717) is 0 Å². The van der Waals surface area contributed by atoms with Crippen LogP contribution in [-0.2, 0) is 0 Å². The number of nitrogens with zero attached hydrogens (tertiary/aromatic N) is 2. The van der Waals surface area contributed by atoms with Crippen molar-refractivity contribution in [2.45, 2.75) is 13.3 Å². The van der Waals surface area contributed by atoms with E-state index in [9.17, 15) is 0 Å². The number of hydrogen-bond acceptors (Lipinski definition) is 3. The van der Waals surface area contributed by atoms with Gasteiger partial charge in [0.25, 0.3) is 0 Å². The van der Waals surface area contributed by atoms with Crippen molar-refractivity contribution in [3.8, 4) is 0 Å². The first-order chi connectivity index (χ1) is 6.84. The summed E-state index contributed by atoms with van der Waals surface area (Å²) in [6.07, 6.45) is 5.70. The van der Waals surface area contributed by atoms with E-state index >= 15 is 0 Å². The average molecular weight is 194 g/mol. The second kappa shape index (κ2) is 6.32. The van der Waals surface area contributed by atoms with E-state index in [2.05, 4.69) is 15.2 Å². The van der Waals surface area contributed by atoms with Crippen LogP contribution in [0.4, 0.5) is 0 Å². The Morgan fingerprint density at radius 2 is 2.29 bits per heavy atom. The smallest absolute Gasteiger partial charge is 0.101 e. The molecule has 0 aromatic heterocycles. The quantitative estimate of drug-likeness (QED) is 0.506. The average Bonchev–Trinajstić information content (AvgIpc) is 2.46. The Morgan fingerprint density at radius 1 is 1.43 bits per heavy atom. The van der Waals surface area contributed by atoms with Crippen molar-refractivity contribution in [2.24, 2.45) is 4.99 Å². The summed E-state index contributed by atoms with van der Waals surface area (Å²) in [4.78, 5) is 6.53. The standard InChI is InChI=1S/C10H18N4/c1-10(13-6-2-4-11)14-8-3-5-12-7-9-14/h2,4,6,11-12H,3,5,7-9H2,1H3/b6-2-,11-4?,13-10?. The zero-order valence-electron chi connectivity index (χ0n) is 8.66. The van der Waals surface area contributed by atoms with E-state index in [4.69, 9.17) is 5.41 Å². The second-order valence-corrected chi connectivity index (χ2v) is 3.28. The number of nitrogens with one attached hydrogen (secondary N) is 2. The summed E-state index contributed by atoms with van der Waals surface area (Å²) < 4.78 is 0. The van der Waals surface area contributed by atoms with Crippen LogP contribution in [0.15, 0.2) is 17.3 Å². The van der Waals surface area contributed by atoms with Crippen LogP contribution >= 0.6 is 0 Å². The van der Waals surface area contributed by atoms with Gasteiger partial charge in [0.05, 0.1) is 0 Å². The predicted molar refractivity (Wildman–Crippen MR) is 60.1 cm³/mol. The molecular formula is C10H18N4. The molecular weight excluding hydrogens is 176 g/mol. The molecule has 1 rings (SSSR count). The second-order valence-electron chi connectivity index (χ2n) is 3.28. The Hall–Kier alpha value is -1.16. The maximum Gasteiger partial charge on any atom is 0.101 e. The van der Waals surface area contributed by atoms with Gasteiger partial charge in [-0.3, -0.25) is 0 Å². The van der Waals surface area contributed by atoms with Crippen molar-refractivity contribution in [2.75, 3.05) is 26.2 Å². The molecule has 4 heteroatoms. The molecule has 0 aromatic carbocycles. The molecule has 0 amide bonds. The number of allylic oxidation sites excluding steroid dienone is 1. The predicted octanol–water partition coefficient (Wildman–Crippen LogP) is 0.863. The largest absolute Gasteiger partial charge is 0.359 e. The summed E-state index contributed by atoms with van der Waals surface area (Å²) in [7, 11) is 0. The van der Waals surface area contributed by atoms with E-state index < -0.39 is 0 Å². The summed E-state index contributed by atoms with van der Waals surface area (Å²) in [6.45, 7) is 6.23. The van der Waals surface area contributed by atoms with E-state index in [1.54, 1.807) is 12.3 Å². The molecule has 0 aliphatic carbocycles. The van der Waals surface area contributed by atoms with Gasteiger partial charge in [-0.05, 0) is 26.0 Å². The number of amidine groups is 1. The van der Waals surface area contributed by atoms with Gasteiger partial charge in [0.2, 0.25) is 0 Å². The van der Waals surface area contributed by atoms with Crippen LogP contribution in [-0.4, -0.2) is 43.1 Å². The first-order valence-corrected chi connectivity index (χ1v) is 5.00. The third-order valence-electron chi connectivity index (χ3n) is 2.24. The minimum absolute atomic E-state index is 1.02. The number of hydrogen-bond donors (Lipinski definition) is 2. The highest BCUT2D eigenvalue weighted by Crippen LogP contribution is 1.97. The van der Waals surface area contributed by atoms with Gasteiger partial charge in [-0.2, -0.15) is 0 Å². The molecule has 1 heterocycles. The van der Waals surface area contributed by atoms with E-state index in [-0.39, 0.29) is 0 Å². The highest BCUT2D eigenvalue weighted by Gasteiger charge is 2.08. The van der Waals surface area contributed by atoms with Crippen molar-refractivity contribution in [1.29, 1.82) is 5.41 Å². The maximum atomic E-state index is 6.82. The van der Waals surface area contributed by atoms with Crippen LogP contribution in [0.2, 0.25) is 0 Å². The summed E-state index contributed by atoms with van der Waals surface area (Å²) in [5, 5.41) is 10.2. The van der Waals surface area contributed by atoms with Crippen LogP contribution in [0.1, 0.15) is 13.3 Å². The molecule has 0 bridgehead atoms. The van der Waals surface area contributed by atoms with Gasteiger partial charge in [-0.25, -0.2) is 4.99 Å². The van der Waals surface area contributed by atoms with Crippen molar-refractivity contribution >= 4 is 12.1 Å². The van der Waals surface area contributed by atoms with Crippen LogP contribution in [0, 0.1) is 5.41 Å². The lowest BCUT2D eigenvalue weighted by Crippen LogP contribution is -2.32. The minimum Gasteiger partial charge on any atom is -0.359 e. The van der Waals surface area contributed by atoms with Crippen molar-refractivity contribution < 1.29 is 0 Å². The molecule has 78 valence electrons. The SMILES string of the molecule is CC(=N/C=C\C=N)N1CCCNCC1. The molecule has 2 N–H and O–H groups in total. The molecule has 0 atom stereocenters. The van der Waals surface area contributed by atoms with Gasteiger partial charge in [0, 0.05) is 32.0 Å². The third kappa shape index (κ3) is 3.70. The molecule has 0 saturated carbocycles. The first-order valence-electron chi connectivity index (χ1n) is 5.00. The van der Waals surface area contributed by atoms with Crippen LogP contribution in [0.25, 0.3) is 0 Å². The fourth-order valence-corrected chi connectivity index (χ4v) is 1.44. The molecule has 14 heavy (non-hydrogen) atoms. The fraction of sp³-hybridized carbons (Fsp3) is 0.600. The Morgan fingerprint density at radius 3 is 3.07 bits per heavy atom. The van der Waals surface area contributed by atoms with Gasteiger partial charge >= 0.3 is 0 Å². The lowest BCUT2D eigenvalue weighted by molar-refractivity contribution is 0.444. The van der Waals surface area contributed by atoms with Crippen LogP contribution in [0.5, 0.6) is 0 Å². The normalized spacial score (nSPS) is 19.8. The van der Waals surface area contributed by atoms with Gasteiger partial charge in [-0.15, -0.1) is 0 Å². The van der Waals surface area contributed by atoms with Crippen LogP contribution in [0.3, 0.4) is 0 Å². The van der Waals surface area contributed by atoms with E-state index in [0.717, 1.165) is 32.0 Å². The monoisotopic (exact) mass is 194 g/mol. The zero-order chi connectivity index (χ0) is 10.2. The minimum atomic E-state index is 1.02. The van der Waals surface area contributed by atoms with Gasteiger partial charge in [0.15, 0.2) is 0 Å². The number of aliphatic imine (C=N–C) groups is 1. The van der Waals surface area contributed by atoms with Gasteiger partial charge in [0.1, 0.15) is 5.84 Å². The zero-order valence-corrected chi connectivity index (χ0v) is 8.66. The summed E-state index contributed by atoms with van der Waals surface area (Å²) in [5.41, 5.74) is 0. The maximum absolute atomic E-state index is 6.82. The molecule has 0 aromatic rings. The first kappa shape index (κ1) is 10.9. The van der Waals surface area contributed by atoms with Crippen LogP contribution < -0.4 is 5.32 Å². The van der Waals surface area contributed by atoms with E-state index in [1.807, 2.05) is 6.92 Å². The summed E-state index contributed by atoms with van der Waals surface area (Å²) in [5.74, 6) is 1.03. The lowest BCUT2D eigenvalue weighted by atomic mass is 10.4. The van der Waals surface area contributed by atoms with Crippen molar-refractivity contribution in [3.63, 3.8) is 0 Å². The van der Waals surface area contributed by atoms with Crippen molar-refractivity contribution in [3.05, 3.63) is 12.3 Å². The fourth-order valence-electron chi connectivity index (χ4n) is 1.44. The summed E-state index contributed by atoms with van der Waals surface area (Å²) in [6, 6.07) is 0. The third-order valence-corrected chi connectivity index (χ3v) is 2.24. The molecule has 1 saturated heterocycles. The number of rotatable bonds is 2. The molecule has 0 unspecified atom stereocenters.